The fourth-order valence-electron chi connectivity index (χ4n) is 5.41. The van der Waals surface area contributed by atoms with Gasteiger partial charge in [-0.05, 0) is 37.1 Å². The molecule has 106 valence electrons. The largest absolute Gasteiger partial charge is 0.362 e. The van der Waals surface area contributed by atoms with E-state index in [2.05, 4.69) is 26.0 Å². The van der Waals surface area contributed by atoms with Gasteiger partial charge in [-0.25, -0.2) is 0 Å². The maximum Gasteiger partial charge on any atom is 0.160 e. The third kappa shape index (κ3) is 1.07. The number of carbonyl (C=O) groups excluding carboxylic acids is 2. The molecule has 3 aliphatic carbocycles. The molecule has 0 radical (unpaired) electrons. The van der Waals surface area contributed by atoms with E-state index in [9.17, 15) is 9.59 Å². The smallest absolute Gasteiger partial charge is 0.160 e. The molecule has 2 fully saturated rings. The van der Waals surface area contributed by atoms with Crippen LogP contribution in [0.25, 0.3) is 0 Å². The first-order valence-corrected chi connectivity index (χ1v) is 7.54. The molecule has 21 heavy (non-hydrogen) atoms. The Morgan fingerprint density at radius 1 is 0.905 bits per heavy atom. The Morgan fingerprint density at radius 2 is 1.33 bits per heavy atom. The number of ether oxygens (including phenoxy) is 1. The lowest BCUT2D eigenvalue weighted by Crippen LogP contribution is -2.35. The van der Waals surface area contributed by atoms with Gasteiger partial charge in [-0.15, -0.1) is 0 Å². The van der Waals surface area contributed by atoms with Crippen LogP contribution < -0.4 is 0 Å². The van der Waals surface area contributed by atoms with E-state index in [0.29, 0.717) is 0 Å². The summed E-state index contributed by atoms with van der Waals surface area (Å²) in [5.74, 6) is -0.229. The summed E-state index contributed by atoms with van der Waals surface area (Å²) in [6.45, 7) is 4.16. The summed E-state index contributed by atoms with van der Waals surface area (Å²) in [5, 5.41) is 0. The van der Waals surface area contributed by atoms with Gasteiger partial charge in [0.15, 0.2) is 11.6 Å². The molecule has 5 rings (SSSR count). The van der Waals surface area contributed by atoms with E-state index in [1.807, 2.05) is 12.1 Å². The zero-order valence-corrected chi connectivity index (χ0v) is 12.0. The topological polar surface area (TPSA) is 46.7 Å². The van der Waals surface area contributed by atoms with Crippen LogP contribution in [0.2, 0.25) is 0 Å². The molecule has 1 saturated heterocycles. The first-order valence-electron chi connectivity index (χ1n) is 7.54. The van der Waals surface area contributed by atoms with Gasteiger partial charge in [0.05, 0.1) is 5.60 Å². The lowest BCUT2D eigenvalue weighted by Gasteiger charge is -2.30. The van der Waals surface area contributed by atoms with Crippen LogP contribution in [0.1, 0.15) is 36.8 Å². The van der Waals surface area contributed by atoms with Crippen molar-refractivity contribution in [3.05, 3.63) is 47.5 Å². The number of hydrogen-bond acceptors (Lipinski definition) is 3. The molecule has 5 atom stereocenters. The summed E-state index contributed by atoms with van der Waals surface area (Å²) in [7, 11) is 0. The van der Waals surface area contributed by atoms with Crippen LogP contribution >= 0.6 is 0 Å². The molecule has 0 amide bonds. The first-order chi connectivity index (χ1) is 9.99. The second kappa shape index (κ2) is 3.20. The minimum atomic E-state index is -0.358. The van der Waals surface area contributed by atoms with E-state index >= 15 is 0 Å². The SMILES string of the molecule is CC1(C)OC12[C@@H]1c3ccccc3[C@H]2[C@H]2C(=O)C=CC(=O)[C@H]21. The number of hydrogen-bond donors (Lipinski definition) is 0. The third-order valence-electron chi connectivity index (χ3n) is 6.09. The van der Waals surface area contributed by atoms with Gasteiger partial charge in [0.2, 0.25) is 0 Å². The number of benzene rings is 1. The number of carbonyl (C=O) groups is 2. The molecule has 1 aliphatic heterocycles. The molecule has 1 heterocycles. The van der Waals surface area contributed by atoms with Crippen molar-refractivity contribution in [3.63, 3.8) is 0 Å². The highest BCUT2D eigenvalue weighted by Crippen LogP contribution is 2.77. The number of fused-ring (bicyclic) bond motifs is 6. The molecular weight excluding hydrogens is 264 g/mol. The summed E-state index contributed by atoms with van der Waals surface area (Å²) < 4.78 is 6.18. The Balaban J connectivity index is 1.80. The molecule has 3 nitrogen and oxygen atoms in total. The second-order valence-corrected chi connectivity index (χ2v) is 7.18. The van der Waals surface area contributed by atoms with Crippen molar-refractivity contribution in [1.82, 2.24) is 0 Å². The first kappa shape index (κ1) is 11.9. The Labute approximate surface area is 123 Å². The van der Waals surface area contributed by atoms with Gasteiger partial charge in [-0.1, -0.05) is 24.3 Å². The summed E-state index contributed by atoms with van der Waals surface area (Å²) in [6.07, 6.45) is 2.94. The van der Waals surface area contributed by atoms with Crippen LogP contribution in [0.15, 0.2) is 36.4 Å². The van der Waals surface area contributed by atoms with Crippen molar-refractivity contribution in [3.8, 4) is 0 Å². The fourth-order valence-corrected chi connectivity index (χ4v) is 5.41. The average Bonchev–Trinajstić information content (AvgIpc) is 2.78. The third-order valence-corrected chi connectivity index (χ3v) is 6.09. The highest BCUT2D eigenvalue weighted by molar-refractivity contribution is 6.09. The second-order valence-electron chi connectivity index (χ2n) is 7.18. The zero-order valence-electron chi connectivity index (χ0n) is 12.0. The van der Waals surface area contributed by atoms with Gasteiger partial charge in [0, 0.05) is 23.7 Å². The van der Waals surface area contributed by atoms with Crippen molar-refractivity contribution in [2.45, 2.75) is 36.9 Å². The van der Waals surface area contributed by atoms with Crippen LogP contribution in [0.4, 0.5) is 0 Å². The minimum absolute atomic E-state index is 0.0279. The molecule has 1 saturated carbocycles. The van der Waals surface area contributed by atoms with Crippen LogP contribution in [-0.2, 0) is 14.3 Å². The van der Waals surface area contributed by atoms with E-state index in [0.717, 1.165) is 0 Å². The fraction of sp³-hybridized carbons (Fsp3) is 0.444. The Bertz CT molecular complexity index is 692. The van der Waals surface area contributed by atoms with Gasteiger partial charge in [-0.2, -0.15) is 0 Å². The lowest BCUT2D eigenvalue weighted by molar-refractivity contribution is -0.128. The monoisotopic (exact) mass is 280 g/mol. The van der Waals surface area contributed by atoms with Crippen LogP contribution in [0.3, 0.4) is 0 Å². The lowest BCUT2D eigenvalue weighted by atomic mass is 9.70. The van der Waals surface area contributed by atoms with Crippen LogP contribution in [0.5, 0.6) is 0 Å². The molecule has 0 N–H and O–H groups in total. The Hall–Kier alpha value is -1.74. The summed E-state index contributed by atoms with van der Waals surface area (Å²) >= 11 is 0. The standard InChI is InChI=1S/C18H16O3/c1-17(2)18(21-17)15-9-5-3-4-6-10(9)16(18)14-12(20)8-7-11(19)13(14)15/h3-8,13-16H,1-2H3/t13-,14+,15-,16+,18?. The summed E-state index contributed by atoms with van der Waals surface area (Å²) in [4.78, 5) is 24.9. The van der Waals surface area contributed by atoms with Crippen molar-refractivity contribution >= 4 is 11.6 Å². The van der Waals surface area contributed by atoms with E-state index < -0.39 is 0 Å². The predicted molar refractivity (Wildman–Crippen MR) is 76.0 cm³/mol. The van der Waals surface area contributed by atoms with Gasteiger partial charge in [-0.3, -0.25) is 9.59 Å². The Morgan fingerprint density at radius 3 is 1.71 bits per heavy atom. The highest BCUT2D eigenvalue weighted by Gasteiger charge is 2.83. The molecule has 1 spiro atoms. The normalized spacial score (nSPS) is 44.1. The predicted octanol–water partition coefficient (Wildman–Crippen LogP) is 2.37. The van der Waals surface area contributed by atoms with Crippen molar-refractivity contribution in [1.29, 1.82) is 0 Å². The summed E-state index contributed by atoms with van der Waals surface area (Å²) in [5.41, 5.74) is 1.80. The van der Waals surface area contributed by atoms with Crippen molar-refractivity contribution in [2.24, 2.45) is 11.8 Å². The van der Waals surface area contributed by atoms with Crippen LogP contribution in [0, 0.1) is 11.8 Å². The number of epoxide rings is 1. The molecule has 4 aliphatic rings. The maximum absolute atomic E-state index is 12.5. The quantitative estimate of drug-likeness (QED) is 0.685. The van der Waals surface area contributed by atoms with E-state index in [1.54, 1.807) is 0 Å². The molecule has 1 aromatic rings. The molecule has 3 heteroatoms. The highest BCUT2D eigenvalue weighted by atomic mass is 16.6. The van der Waals surface area contributed by atoms with E-state index in [4.69, 9.17) is 4.74 Å². The van der Waals surface area contributed by atoms with Gasteiger partial charge in [0.1, 0.15) is 5.60 Å². The van der Waals surface area contributed by atoms with Crippen LogP contribution in [-0.4, -0.2) is 22.8 Å². The van der Waals surface area contributed by atoms with Gasteiger partial charge in [0.25, 0.3) is 0 Å². The minimum Gasteiger partial charge on any atom is -0.362 e. The molecule has 2 bridgehead atoms. The number of rotatable bonds is 0. The Kier molecular flexibility index (Phi) is 1.81. The maximum atomic E-state index is 12.5. The zero-order chi connectivity index (χ0) is 14.6. The number of ketones is 2. The van der Waals surface area contributed by atoms with Gasteiger partial charge >= 0.3 is 0 Å². The van der Waals surface area contributed by atoms with E-state index in [1.165, 1.54) is 23.3 Å². The van der Waals surface area contributed by atoms with Gasteiger partial charge < -0.3 is 4.74 Å². The van der Waals surface area contributed by atoms with Crippen molar-refractivity contribution < 1.29 is 14.3 Å². The molecule has 1 aromatic carbocycles. The van der Waals surface area contributed by atoms with E-state index in [-0.39, 0.29) is 46.4 Å². The average molecular weight is 280 g/mol. The van der Waals surface area contributed by atoms with Crippen molar-refractivity contribution in [2.75, 3.05) is 0 Å². The number of allylic oxidation sites excluding steroid dienone is 2. The molecule has 0 aromatic heterocycles. The molecular formula is C18H16O3. The molecule has 1 unspecified atom stereocenters. The summed E-state index contributed by atoms with van der Waals surface area (Å²) in [6, 6.07) is 8.24.